The number of carbonyl (C=O) groups is 2. The van der Waals surface area contributed by atoms with Crippen LogP contribution in [-0.2, 0) is 32.6 Å². The molecule has 220 valence electrons. The Balaban J connectivity index is 1.11. The lowest BCUT2D eigenvalue weighted by Crippen LogP contribution is -2.51. The number of hydrogen-bond acceptors (Lipinski definition) is 6. The number of para-hydroxylation sites is 3. The zero-order chi connectivity index (χ0) is 29.8. The summed E-state index contributed by atoms with van der Waals surface area (Å²) in [5.74, 6) is 0.0873. The lowest BCUT2D eigenvalue weighted by Gasteiger charge is -2.34. The monoisotopic (exact) mass is 597 g/mol. The molecule has 4 aromatic carbocycles. The first-order chi connectivity index (χ1) is 20.9. The van der Waals surface area contributed by atoms with Crippen molar-refractivity contribution in [3.63, 3.8) is 0 Å². The van der Waals surface area contributed by atoms with Crippen LogP contribution in [0.3, 0.4) is 0 Å². The smallest absolute Gasteiger partial charge is 0.265 e. The van der Waals surface area contributed by atoms with Crippen LogP contribution in [0.25, 0.3) is 0 Å². The van der Waals surface area contributed by atoms with Gasteiger partial charge < -0.3 is 19.7 Å². The van der Waals surface area contributed by atoms with Crippen LogP contribution in [0.5, 0.6) is 11.5 Å². The predicted molar refractivity (Wildman–Crippen MR) is 163 cm³/mol. The number of nitrogens with zero attached hydrogens (tertiary/aromatic N) is 2. The fourth-order valence-corrected chi connectivity index (χ4v) is 6.85. The van der Waals surface area contributed by atoms with E-state index in [-0.39, 0.29) is 29.9 Å². The van der Waals surface area contributed by atoms with Crippen LogP contribution in [-0.4, -0.2) is 46.0 Å². The summed E-state index contributed by atoms with van der Waals surface area (Å²) in [6.07, 6.45) is 0.696. The standard InChI is InChI=1S/C33H31N3O6S/c37-32(35-22-31(42-30-15-7-6-14-29(30)35)33(38)34-21-24-9-2-1-3-10-24)23-41-26-16-18-27(19-17-26)43(39,40)36-20-8-12-25-11-4-5-13-28(25)36/h1-7,9-11,13-19,31H,8,12,20-23H2,(H,34,38)/t31-/m1/s1. The highest BCUT2D eigenvalue weighted by atomic mass is 32.2. The van der Waals surface area contributed by atoms with Crippen LogP contribution in [0.2, 0.25) is 0 Å². The molecule has 2 aliphatic rings. The van der Waals surface area contributed by atoms with Crippen molar-refractivity contribution in [3.05, 3.63) is 114 Å². The number of fused-ring (bicyclic) bond motifs is 2. The summed E-state index contributed by atoms with van der Waals surface area (Å²) in [5, 5.41) is 2.88. The minimum absolute atomic E-state index is 0.0221. The number of anilines is 2. The Kier molecular flexibility index (Phi) is 8.02. The maximum atomic E-state index is 13.4. The normalized spacial score (nSPS) is 16.0. The second-order valence-corrected chi connectivity index (χ2v) is 12.2. The van der Waals surface area contributed by atoms with Gasteiger partial charge in [0, 0.05) is 13.1 Å². The third-order valence-corrected chi connectivity index (χ3v) is 9.35. The number of aryl methyl sites for hydroxylation is 1. The third-order valence-electron chi connectivity index (χ3n) is 7.52. The van der Waals surface area contributed by atoms with Crippen LogP contribution in [0, 0.1) is 0 Å². The molecule has 1 N–H and O–H groups in total. The van der Waals surface area contributed by atoms with Crippen LogP contribution in [0.4, 0.5) is 11.4 Å². The summed E-state index contributed by atoms with van der Waals surface area (Å²) in [6.45, 7) is 0.471. The van der Waals surface area contributed by atoms with Gasteiger partial charge in [0.15, 0.2) is 12.7 Å². The lowest BCUT2D eigenvalue weighted by atomic mass is 10.0. The molecule has 2 aliphatic heterocycles. The average Bonchev–Trinajstić information content (AvgIpc) is 3.06. The first kappa shape index (κ1) is 28.3. The minimum atomic E-state index is -3.76. The van der Waals surface area contributed by atoms with Crippen molar-refractivity contribution in [2.75, 3.05) is 28.9 Å². The van der Waals surface area contributed by atoms with Crippen molar-refractivity contribution in [2.24, 2.45) is 0 Å². The molecule has 0 unspecified atom stereocenters. The summed E-state index contributed by atoms with van der Waals surface area (Å²) in [5.41, 5.74) is 3.22. The molecule has 43 heavy (non-hydrogen) atoms. The number of sulfonamides is 1. The van der Waals surface area contributed by atoms with Gasteiger partial charge in [0.1, 0.15) is 11.5 Å². The molecule has 0 saturated carbocycles. The molecule has 10 heteroatoms. The van der Waals surface area contributed by atoms with Crippen molar-refractivity contribution >= 4 is 33.2 Å². The molecule has 2 heterocycles. The fraction of sp³-hybridized carbons (Fsp3) is 0.212. The molecule has 9 nitrogen and oxygen atoms in total. The van der Waals surface area contributed by atoms with Crippen molar-refractivity contribution in [1.29, 1.82) is 0 Å². The number of nitrogens with one attached hydrogen (secondary N) is 1. The maximum Gasteiger partial charge on any atom is 0.265 e. The molecule has 0 bridgehead atoms. The van der Waals surface area contributed by atoms with Gasteiger partial charge in [-0.05, 0) is 66.4 Å². The molecular formula is C33H31N3O6S. The lowest BCUT2D eigenvalue weighted by molar-refractivity contribution is -0.128. The molecular weight excluding hydrogens is 566 g/mol. The van der Waals surface area contributed by atoms with Crippen LogP contribution in [0.1, 0.15) is 17.5 Å². The largest absolute Gasteiger partial charge is 0.484 e. The zero-order valence-electron chi connectivity index (χ0n) is 23.4. The Morgan fingerprint density at radius 2 is 1.56 bits per heavy atom. The van der Waals surface area contributed by atoms with Gasteiger partial charge >= 0.3 is 0 Å². The van der Waals surface area contributed by atoms with Crippen molar-refractivity contribution in [1.82, 2.24) is 5.32 Å². The fourth-order valence-electron chi connectivity index (χ4n) is 5.31. The summed E-state index contributed by atoms with van der Waals surface area (Å²) in [4.78, 5) is 27.9. The van der Waals surface area contributed by atoms with Crippen LogP contribution in [0.15, 0.2) is 108 Å². The van der Waals surface area contributed by atoms with E-state index in [1.165, 1.54) is 21.3 Å². The van der Waals surface area contributed by atoms with E-state index in [9.17, 15) is 18.0 Å². The van der Waals surface area contributed by atoms with E-state index in [1.54, 1.807) is 36.4 Å². The number of ether oxygens (including phenoxy) is 2. The third kappa shape index (κ3) is 6.05. The molecule has 0 aliphatic carbocycles. The van der Waals surface area contributed by atoms with E-state index in [0.717, 1.165) is 24.0 Å². The summed E-state index contributed by atoms with van der Waals surface area (Å²) in [7, 11) is -3.76. The number of hydrogen-bond donors (Lipinski definition) is 1. The second-order valence-electron chi connectivity index (χ2n) is 10.4. The van der Waals surface area contributed by atoms with E-state index >= 15 is 0 Å². The SMILES string of the molecule is O=C(NCc1ccccc1)[C@H]1CN(C(=O)COc2ccc(S(=O)(=O)N3CCCc4ccccc43)cc2)c2ccccc2O1. The van der Waals surface area contributed by atoms with E-state index in [1.807, 2.05) is 54.6 Å². The number of amides is 2. The van der Waals surface area contributed by atoms with Crippen molar-refractivity contribution in [3.8, 4) is 11.5 Å². The van der Waals surface area contributed by atoms with Gasteiger partial charge in [-0.1, -0.05) is 60.7 Å². The highest BCUT2D eigenvalue weighted by molar-refractivity contribution is 7.92. The quantitative estimate of drug-likeness (QED) is 0.325. The summed E-state index contributed by atoms with van der Waals surface area (Å²) >= 11 is 0. The van der Waals surface area contributed by atoms with Gasteiger partial charge in [-0.3, -0.25) is 13.9 Å². The molecule has 0 radical (unpaired) electrons. The van der Waals surface area contributed by atoms with Gasteiger partial charge in [0.05, 0.1) is 22.8 Å². The van der Waals surface area contributed by atoms with E-state index in [2.05, 4.69) is 5.32 Å². The number of carbonyl (C=O) groups excluding carboxylic acids is 2. The van der Waals surface area contributed by atoms with Crippen LogP contribution >= 0.6 is 0 Å². The first-order valence-corrected chi connectivity index (χ1v) is 15.6. The Morgan fingerprint density at radius 1 is 0.860 bits per heavy atom. The molecule has 4 aromatic rings. The topological polar surface area (TPSA) is 105 Å². The molecule has 2 amide bonds. The molecule has 0 saturated heterocycles. The van der Waals surface area contributed by atoms with E-state index in [0.29, 0.717) is 36.0 Å². The Bertz CT molecular complexity index is 1730. The van der Waals surface area contributed by atoms with E-state index < -0.39 is 16.1 Å². The predicted octanol–water partition coefficient (Wildman–Crippen LogP) is 4.32. The zero-order valence-corrected chi connectivity index (χ0v) is 24.2. The Hall–Kier alpha value is -4.83. The Labute approximate surface area is 250 Å². The number of rotatable bonds is 8. The van der Waals surface area contributed by atoms with Crippen molar-refractivity contribution < 1.29 is 27.5 Å². The second kappa shape index (κ2) is 12.2. The highest BCUT2D eigenvalue weighted by Gasteiger charge is 2.34. The minimum Gasteiger partial charge on any atom is -0.484 e. The van der Waals surface area contributed by atoms with Crippen molar-refractivity contribution in [2.45, 2.75) is 30.4 Å². The van der Waals surface area contributed by atoms with Gasteiger partial charge in [-0.25, -0.2) is 8.42 Å². The molecule has 0 aromatic heterocycles. The molecule has 1 atom stereocenters. The maximum absolute atomic E-state index is 13.4. The molecule has 0 spiro atoms. The van der Waals surface area contributed by atoms with Gasteiger partial charge in [-0.15, -0.1) is 0 Å². The Morgan fingerprint density at radius 3 is 2.35 bits per heavy atom. The van der Waals surface area contributed by atoms with E-state index in [4.69, 9.17) is 9.47 Å². The van der Waals surface area contributed by atoms with Gasteiger partial charge in [-0.2, -0.15) is 0 Å². The van der Waals surface area contributed by atoms with Gasteiger partial charge in [0.2, 0.25) is 0 Å². The van der Waals surface area contributed by atoms with Gasteiger partial charge in [0.25, 0.3) is 21.8 Å². The number of benzene rings is 4. The molecule has 6 rings (SSSR count). The highest BCUT2D eigenvalue weighted by Crippen LogP contribution is 2.34. The molecule has 0 fully saturated rings. The summed E-state index contributed by atoms with van der Waals surface area (Å²) < 4.78 is 40.0. The van der Waals surface area contributed by atoms with Crippen LogP contribution < -0.4 is 24.0 Å². The first-order valence-electron chi connectivity index (χ1n) is 14.1. The summed E-state index contributed by atoms with van der Waals surface area (Å²) in [6, 6.07) is 30.2. The average molecular weight is 598 g/mol.